The third kappa shape index (κ3) is 20.1. The van der Waals surface area contributed by atoms with Crippen molar-refractivity contribution >= 4 is 5.97 Å². The second-order valence-electron chi connectivity index (χ2n) is 6.31. The molecule has 0 heterocycles. The third-order valence-electron chi connectivity index (χ3n) is 3.79. The van der Waals surface area contributed by atoms with Gasteiger partial charge in [0.05, 0.1) is 0 Å². The van der Waals surface area contributed by atoms with Crippen molar-refractivity contribution in [2.45, 2.75) is 71.6 Å². The van der Waals surface area contributed by atoms with Crippen LogP contribution in [0.1, 0.15) is 71.6 Å². The zero-order valence-electron chi connectivity index (χ0n) is 16.1. The number of unbranched alkanes of at least 4 members (excludes halogenated alkanes) is 2. The van der Waals surface area contributed by atoms with Crippen LogP contribution in [0.25, 0.3) is 0 Å². The Bertz CT molecular complexity index is 453. The highest BCUT2D eigenvalue weighted by atomic mass is 16.4. The molecule has 0 aromatic carbocycles. The van der Waals surface area contributed by atoms with Crippen LogP contribution in [0.3, 0.4) is 0 Å². The molecule has 0 aromatic rings. The molecule has 0 rings (SSSR count). The highest BCUT2D eigenvalue weighted by Crippen LogP contribution is 2.11. The normalized spacial score (nSPS) is 14.0. The Balaban J connectivity index is 3.61. The quantitative estimate of drug-likeness (QED) is 0.197. The molecule has 25 heavy (non-hydrogen) atoms. The molecule has 0 aliphatic carbocycles. The van der Waals surface area contributed by atoms with Crippen LogP contribution in [0.15, 0.2) is 60.8 Å². The van der Waals surface area contributed by atoms with E-state index in [-0.39, 0.29) is 0 Å². The number of rotatable bonds is 15. The number of allylic oxidation sites excluding steroid dienone is 10. The minimum Gasteiger partial charge on any atom is -0.481 e. The van der Waals surface area contributed by atoms with Gasteiger partial charge < -0.3 is 5.11 Å². The summed E-state index contributed by atoms with van der Waals surface area (Å²) in [6.07, 6.45) is 30.3. The highest BCUT2D eigenvalue weighted by molar-refractivity contribution is 5.66. The summed E-state index contributed by atoms with van der Waals surface area (Å²) in [5, 5.41) is 8.58. The minimum absolute atomic E-state index is 0.298. The smallest absolute Gasteiger partial charge is 0.303 e. The van der Waals surface area contributed by atoms with Gasteiger partial charge in [-0.1, -0.05) is 87.4 Å². The molecular formula is C23H36O2. The van der Waals surface area contributed by atoms with Gasteiger partial charge in [0.25, 0.3) is 0 Å². The topological polar surface area (TPSA) is 37.3 Å². The number of aliphatic carboxylic acids is 1. The van der Waals surface area contributed by atoms with Crippen LogP contribution in [0.2, 0.25) is 0 Å². The van der Waals surface area contributed by atoms with Gasteiger partial charge in [0.15, 0.2) is 0 Å². The number of carboxylic acid groups (broad SMARTS) is 1. The van der Waals surface area contributed by atoms with E-state index >= 15 is 0 Å². The van der Waals surface area contributed by atoms with Crippen molar-refractivity contribution in [3.8, 4) is 0 Å². The number of hydrogen-bond acceptors (Lipinski definition) is 1. The Hall–Kier alpha value is -1.83. The van der Waals surface area contributed by atoms with Gasteiger partial charge in [0, 0.05) is 6.42 Å². The first-order valence-corrected chi connectivity index (χ1v) is 9.67. The summed E-state index contributed by atoms with van der Waals surface area (Å²) < 4.78 is 0. The summed E-state index contributed by atoms with van der Waals surface area (Å²) in [5.74, 6) is -0.135. The molecule has 0 saturated heterocycles. The maximum absolute atomic E-state index is 10.4. The van der Waals surface area contributed by atoms with Gasteiger partial charge in [-0.05, 0) is 44.4 Å². The average Bonchev–Trinajstić information content (AvgIpc) is 2.58. The fraction of sp³-hybridized carbons (Fsp3) is 0.522. The summed E-state index contributed by atoms with van der Waals surface area (Å²) in [7, 11) is 0. The largest absolute Gasteiger partial charge is 0.481 e. The predicted molar refractivity (Wildman–Crippen MR) is 110 cm³/mol. The van der Waals surface area contributed by atoms with E-state index in [9.17, 15) is 4.79 Å². The van der Waals surface area contributed by atoms with E-state index < -0.39 is 5.97 Å². The van der Waals surface area contributed by atoms with Crippen molar-refractivity contribution < 1.29 is 9.90 Å². The molecule has 0 fully saturated rings. The van der Waals surface area contributed by atoms with Crippen LogP contribution in [0.5, 0.6) is 0 Å². The van der Waals surface area contributed by atoms with Crippen molar-refractivity contribution in [2.24, 2.45) is 5.92 Å². The van der Waals surface area contributed by atoms with Gasteiger partial charge in [-0.2, -0.15) is 0 Å². The van der Waals surface area contributed by atoms with E-state index in [2.05, 4.69) is 74.6 Å². The molecule has 0 aliphatic heterocycles. The molecule has 0 saturated carbocycles. The molecule has 0 bridgehead atoms. The van der Waals surface area contributed by atoms with Crippen molar-refractivity contribution in [3.05, 3.63) is 60.8 Å². The molecule has 140 valence electrons. The lowest BCUT2D eigenvalue weighted by Gasteiger charge is -2.04. The average molecular weight is 345 g/mol. The second-order valence-corrected chi connectivity index (χ2v) is 6.31. The standard InChI is InChI=1S/C23H36O2/c1-3-4-5-6-7-8-9-10-11-12-13-14-16-19-22(2)20-17-15-18-21-23(24)25/h4-5,7-8,10-11,13-14,16,19,22H,3,6,9,12,15,17-18,20-21H2,1-2H3,(H,24,25). The summed E-state index contributed by atoms with van der Waals surface area (Å²) in [5.41, 5.74) is 0. The molecule has 0 amide bonds. The minimum atomic E-state index is -0.688. The molecule has 2 heteroatoms. The van der Waals surface area contributed by atoms with Crippen molar-refractivity contribution in [1.29, 1.82) is 0 Å². The Morgan fingerprint density at radius 1 is 0.840 bits per heavy atom. The van der Waals surface area contributed by atoms with Crippen LogP contribution < -0.4 is 0 Å². The molecule has 1 N–H and O–H groups in total. The molecule has 0 aliphatic rings. The van der Waals surface area contributed by atoms with E-state index in [1.54, 1.807) is 0 Å². The molecule has 2 nitrogen and oxygen atoms in total. The van der Waals surface area contributed by atoms with Crippen LogP contribution in [-0.4, -0.2) is 11.1 Å². The Morgan fingerprint density at radius 2 is 1.44 bits per heavy atom. The van der Waals surface area contributed by atoms with Crippen LogP contribution >= 0.6 is 0 Å². The Kier molecular flexibility index (Phi) is 17.2. The highest BCUT2D eigenvalue weighted by Gasteiger charge is 1.99. The number of hydrogen-bond donors (Lipinski definition) is 1. The van der Waals surface area contributed by atoms with Gasteiger partial charge in [-0.3, -0.25) is 4.79 Å². The van der Waals surface area contributed by atoms with Crippen LogP contribution in [0.4, 0.5) is 0 Å². The van der Waals surface area contributed by atoms with Crippen molar-refractivity contribution in [1.82, 2.24) is 0 Å². The van der Waals surface area contributed by atoms with Gasteiger partial charge in [0.2, 0.25) is 0 Å². The van der Waals surface area contributed by atoms with E-state index in [0.717, 1.165) is 51.4 Å². The van der Waals surface area contributed by atoms with Crippen molar-refractivity contribution in [3.63, 3.8) is 0 Å². The predicted octanol–water partition coefficient (Wildman–Crippen LogP) is 7.02. The Morgan fingerprint density at radius 3 is 2.04 bits per heavy atom. The zero-order valence-corrected chi connectivity index (χ0v) is 16.1. The molecule has 0 radical (unpaired) electrons. The fourth-order valence-electron chi connectivity index (χ4n) is 2.31. The zero-order chi connectivity index (χ0) is 18.6. The van der Waals surface area contributed by atoms with Crippen LogP contribution in [-0.2, 0) is 4.79 Å². The lowest BCUT2D eigenvalue weighted by atomic mass is 10.0. The molecular weight excluding hydrogens is 308 g/mol. The lowest BCUT2D eigenvalue weighted by Crippen LogP contribution is -1.94. The third-order valence-corrected chi connectivity index (χ3v) is 3.79. The van der Waals surface area contributed by atoms with E-state index in [1.807, 2.05) is 0 Å². The molecule has 1 atom stereocenters. The van der Waals surface area contributed by atoms with E-state index in [1.165, 1.54) is 0 Å². The lowest BCUT2D eigenvalue weighted by molar-refractivity contribution is -0.137. The van der Waals surface area contributed by atoms with Gasteiger partial charge in [-0.25, -0.2) is 0 Å². The molecule has 0 aromatic heterocycles. The fourth-order valence-corrected chi connectivity index (χ4v) is 2.31. The second kappa shape index (κ2) is 18.5. The first-order chi connectivity index (χ1) is 12.2. The Labute approximate surface area is 154 Å². The molecule has 1 unspecified atom stereocenters. The molecule has 0 spiro atoms. The summed E-state index contributed by atoms with van der Waals surface area (Å²) >= 11 is 0. The maximum Gasteiger partial charge on any atom is 0.303 e. The number of carboxylic acids is 1. The van der Waals surface area contributed by atoms with Gasteiger partial charge in [-0.15, -0.1) is 0 Å². The summed E-state index contributed by atoms with van der Waals surface area (Å²) in [4.78, 5) is 10.4. The van der Waals surface area contributed by atoms with E-state index in [0.29, 0.717) is 12.3 Å². The number of carbonyl (C=O) groups is 1. The maximum atomic E-state index is 10.4. The van der Waals surface area contributed by atoms with E-state index in [4.69, 9.17) is 5.11 Å². The van der Waals surface area contributed by atoms with Crippen molar-refractivity contribution in [2.75, 3.05) is 0 Å². The summed E-state index contributed by atoms with van der Waals surface area (Å²) in [6.45, 7) is 4.36. The summed E-state index contributed by atoms with van der Waals surface area (Å²) in [6, 6.07) is 0. The SMILES string of the molecule is CCC=CCC=CCC=CCC=CC=CC(C)CCCCCC(=O)O. The monoisotopic (exact) mass is 344 g/mol. The first-order valence-electron chi connectivity index (χ1n) is 9.67. The van der Waals surface area contributed by atoms with Gasteiger partial charge >= 0.3 is 5.97 Å². The first kappa shape index (κ1) is 23.2. The van der Waals surface area contributed by atoms with Crippen LogP contribution in [0, 0.1) is 5.92 Å². The van der Waals surface area contributed by atoms with Gasteiger partial charge in [0.1, 0.15) is 0 Å².